The fraction of sp³-hybridized carbons (Fsp3) is 0.706. The largest absolute Gasteiger partial charge is 0.481 e. The summed E-state index contributed by atoms with van der Waals surface area (Å²) in [7, 11) is 0. The van der Waals surface area contributed by atoms with Gasteiger partial charge in [0.15, 0.2) is 0 Å². The van der Waals surface area contributed by atoms with E-state index in [4.69, 9.17) is 15.6 Å². The van der Waals surface area contributed by atoms with Crippen molar-refractivity contribution in [3.05, 3.63) is 35.9 Å². The minimum atomic E-state index is -0.839. The summed E-state index contributed by atoms with van der Waals surface area (Å²) in [6.07, 6.45) is 7.68. The number of esters is 1. The SMILES string of the molecule is CCC[C@@H](C)N.CCC[C@@H](C)NC(=O)N[C@H](C)CCC(=O)O.CCC[C@@H](C)NC(=O)N[C@H](C)CCC(=O)OCc1ccccc1. The Hall–Kier alpha value is -3.34. The molecular weight excluding hydrogens is 574 g/mol. The van der Waals surface area contributed by atoms with Crippen LogP contribution in [0.2, 0.25) is 0 Å². The summed E-state index contributed by atoms with van der Waals surface area (Å²) < 4.78 is 5.21. The van der Waals surface area contributed by atoms with Crippen molar-refractivity contribution < 1.29 is 29.0 Å². The molecule has 1 aromatic rings. The van der Waals surface area contributed by atoms with Crippen LogP contribution in [0.4, 0.5) is 9.59 Å². The Balaban J connectivity index is 0. The number of ether oxygens (including phenoxy) is 1. The second-order valence-corrected chi connectivity index (χ2v) is 11.8. The maximum Gasteiger partial charge on any atom is 0.315 e. The zero-order valence-corrected chi connectivity index (χ0v) is 29.1. The number of nitrogens with two attached hydrogens (primary N) is 1. The number of nitrogens with one attached hydrogen (secondary N) is 4. The third kappa shape index (κ3) is 30.5. The van der Waals surface area contributed by atoms with E-state index in [0.717, 1.165) is 37.7 Å². The molecule has 0 saturated carbocycles. The topological polar surface area (TPSA) is 172 Å². The number of carboxylic acids is 1. The molecule has 1 aromatic carbocycles. The van der Waals surface area contributed by atoms with Gasteiger partial charge in [0.25, 0.3) is 0 Å². The first-order valence-corrected chi connectivity index (χ1v) is 16.5. The minimum absolute atomic E-state index is 0.0754. The average molecular weight is 638 g/mol. The van der Waals surface area contributed by atoms with Gasteiger partial charge in [-0.1, -0.05) is 70.4 Å². The Bertz CT molecular complexity index is 916. The van der Waals surface area contributed by atoms with Crippen molar-refractivity contribution in [2.24, 2.45) is 5.73 Å². The number of benzene rings is 1. The molecule has 0 aromatic heterocycles. The summed E-state index contributed by atoms with van der Waals surface area (Å²) in [5, 5.41) is 19.7. The van der Waals surface area contributed by atoms with Gasteiger partial charge in [0.2, 0.25) is 0 Å². The first-order valence-electron chi connectivity index (χ1n) is 16.5. The normalized spacial score (nSPS) is 13.5. The van der Waals surface area contributed by atoms with Crippen LogP contribution < -0.4 is 27.0 Å². The van der Waals surface area contributed by atoms with Gasteiger partial charge in [-0.15, -0.1) is 0 Å². The highest BCUT2D eigenvalue weighted by Gasteiger charge is 2.13. The van der Waals surface area contributed by atoms with Crippen LogP contribution >= 0.6 is 0 Å². The molecule has 0 unspecified atom stereocenters. The van der Waals surface area contributed by atoms with E-state index in [1.165, 1.54) is 6.42 Å². The molecule has 11 nitrogen and oxygen atoms in total. The van der Waals surface area contributed by atoms with Crippen LogP contribution in [0.15, 0.2) is 30.3 Å². The third-order valence-electron chi connectivity index (χ3n) is 6.51. The van der Waals surface area contributed by atoms with Gasteiger partial charge in [0, 0.05) is 43.1 Å². The molecular formula is C34H63N5O6. The Labute approximate surface area is 272 Å². The Kier molecular flexibility index (Phi) is 27.4. The number of urea groups is 2. The number of hydrogen-bond donors (Lipinski definition) is 6. The van der Waals surface area contributed by atoms with E-state index >= 15 is 0 Å². The number of carbonyl (C=O) groups is 4. The monoisotopic (exact) mass is 637 g/mol. The molecule has 0 fully saturated rings. The first-order chi connectivity index (χ1) is 21.2. The molecule has 7 N–H and O–H groups in total. The average Bonchev–Trinajstić information content (AvgIpc) is 2.95. The van der Waals surface area contributed by atoms with E-state index in [1.807, 2.05) is 58.0 Å². The van der Waals surface area contributed by atoms with Crippen molar-refractivity contribution in [3.8, 4) is 0 Å². The van der Waals surface area contributed by atoms with Gasteiger partial charge in [-0.2, -0.15) is 0 Å². The van der Waals surface area contributed by atoms with Crippen LogP contribution in [0, 0.1) is 0 Å². The molecule has 0 spiro atoms. The first kappa shape index (κ1) is 43.8. The summed E-state index contributed by atoms with van der Waals surface area (Å²) in [6, 6.07) is 9.67. The molecule has 45 heavy (non-hydrogen) atoms. The predicted molar refractivity (Wildman–Crippen MR) is 182 cm³/mol. The zero-order valence-electron chi connectivity index (χ0n) is 29.1. The standard InChI is InChI=1S/C18H28N2O3.C11H22N2O3.C5H13N/c1-4-8-14(2)19-18(22)20-15(3)11-12-17(21)23-13-16-9-6-5-7-10-16;1-4-5-8(2)12-11(16)13-9(3)6-7-10(14)15;1-3-4-5(2)6/h5-7,9-10,14-15H,4,8,11-13H2,1-3H3,(H2,19,20,22);8-9H,4-7H2,1-3H3,(H,14,15)(H2,12,13,16);5H,3-4,6H2,1-2H3/t14-,15-;8-,9-;5-/m111/s1. The van der Waals surface area contributed by atoms with Crippen LogP contribution in [0.3, 0.4) is 0 Å². The van der Waals surface area contributed by atoms with Crippen LogP contribution in [0.1, 0.15) is 125 Å². The number of carboxylic acid groups (broad SMARTS) is 1. The van der Waals surface area contributed by atoms with E-state index in [9.17, 15) is 19.2 Å². The fourth-order valence-corrected chi connectivity index (χ4v) is 4.07. The molecule has 1 rings (SSSR count). The second-order valence-electron chi connectivity index (χ2n) is 11.8. The highest BCUT2D eigenvalue weighted by Crippen LogP contribution is 2.05. The van der Waals surface area contributed by atoms with Crippen LogP contribution in [0.25, 0.3) is 0 Å². The third-order valence-corrected chi connectivity index (χ3v) is 6.51. The molecule has 11 heteroatoms. The lowest BCUT2D eigenvalue weighted by molar-refractivity contribution is -0.145. The number of rotatable bonds is 18. The van der Waals surface area contributed by atoms with Crippen molar-refractivity contribution in [2.45, 2.75) is 156 Å². The number of carbonyl (C=O) groups excluding carboxylic acids is 3. The van der Waals surface area contributed by atoms with Gasteiger partial charge in [0.05, 0.1) is 0 Å². The molecule has 0 radical (unpaired) electrons. The lowest BCUT2D eigenvalue weighted by Gasteiger charge is -2.17. The van der Waals surface area contributed by atoms with Gasteiger partial charge in [-0.3, -0.25) is 9.59 Å². The molecule has 0 aliphatic rings. The van der Waals surface area contributed by atoms with E-state index in [1.54, 1.807) is 6.92 Å². The van der Waals surface area contributed by atoms with Crippen molar-refractivity contribution in [3.63, 3.8) is 0 Å². The summed E-state index contributed by atoms with van der Waals surface area (Å²) in [5.74, 6) is -1.09. The van der Waals surface area contributed by atoms with Crippen molar-refractivity contribution in [2.75, 3.05) is 0 Å². The lowest BCUT2D eigenvalue weighted by Crippen LogP contribution is -2.44. The summed E-state index contributed by atoms with van der Waals surface area (Å²) in [6.45, 7) is 16.2. The zero-order chi connectivity index (χ0) is 34.6. The maximum atomic E-state index is 11.8. The molecule has 4 amide bonds. The van der Waals surface area contributed by atoms with E-state index < -0.39 is 5.97 Å². The quantitative estimate of drug-likeness (QED) is 0.103. The van der Waals surface area contributed by atoms with Crippen molar-refractivity contribution in [1.29, 1.82) is 0 Å². The van der Waals surface area contributed by atoms with Gasteiger partial charge in [-0.05, 0) is 72.3 Å². The maximum absolute atomic E-state index is 11.8. The molecule has 0 aliphatic carbocycles. The molecule has 5 atom stereocenters. The Morgan fingerprint density at radius 2 is 1.07 bits per heavy atom. The van der Waals surface area contributed by atoms with Crippen molar-refractivity contribution in [1.82, 2.24) is 21.3 Å². The second kappa shape index (κ2) is 28.2. The number of aliphatic carboxylic acids is 1. The lowest BCUT2D eigenvalue weighted by atomic mass is 10.2. The fourth-order valence-electron chi connectivity index (χ4n) is 4.07. The molecule has 0 bridgehead atoms. The molecule has 0 heterocycles. The van der Waals surface area contributed by atoms with Gasteiger partial charge < -0.3 is 36.8 Å². The highest BCUT2D eigenvalue weighted by molar-refractivity contribution is 5.75. The van der Waals surface area contributed by atoms with Gasteiger partial charge >= 0.3 is 24.0 Å². The van der Waals surface area contributed by atoms with E-state index in [2.05, 4.69) is 42.0 Å². The summed E-state index contributed by atoms with van der Waals surface area (Å²) >= 11 is 0. The number of hydrogen-bond acceptors (Lipinski definition) is 6. The summed E-state index contributed by atoms with van der Waals surface area (Å²) in [5.41, 5.74) is 6.37. The Morgan fingerprint density at radius 3 is 1.42 bits per heavy atom. The van der Waals surface area contributed by atoms with E-state index in [-0.39, 0.29) is 55.2 Å². The summed E-state index contributed by atoms with van der Waals surface area (Å²) in [4.78, 5) is 45.2. The number of amides is 4. The van der Waals surface area contributed by atoms with E-state index in [0.29, 0.717) is 25.3 Å². The van der Waals surface area contributed by atoms with Crippen LogP contribution in [-0.4, -0.2) is 59.3 Å². The minimum Gasteiger partial charge on any atom is -0.481 e. The molecule has 260 valence electrons. The smallest absolute Gasteiger partial charge is 0.315 e. The van der Waals surface area contributed by atoms with Crippen LogP contribution in [0.5, 0.6) is 0 Å². The van der Waals surface area contributed by atoms with Gasteiger partial charge in [0.1, 0.15) is 6.61 Å². The Morgan fingerprint density at radius 1 is 0.667 bits per heavy atom. The highest BCUT2D eigenvalue weighted by atomic mass is 16.5. The predicted octanol–water partition coefficient (Wildman–Crippen LogP) is 6.25. The van der Waals surface area contributed by atoms with Crippen molar-refractivity contribution >= 4 is 24.0 Å². The molecule has 0 aliphatic heterocycles. The van der Waals surface area contributed by atoms with Gasteiger partial charge in [-0.25, -0.2) is 9.59 Å². The molecule has 0 saturated heterocycles. The van der Waals surface area contributed by atoms with Crippen LogP contribution in [-0.2, 0) is 20.9 Å².